The first-order chi connectivity index (χ1) is 4.76. The third-order valence-corrected chi connectivity index (χ3v) is 1.36. The van der Waals surface area contributed by atoms with Crippen LogP contribution in [0, 0.1) is 0 Å². The second-order valence-electron chi connectivity index (χ2n) is 2.02. The zero-order valence-corrected chi connectivity index (χ0v) is 6.81. The Morgan fingerprint density at radius 1 is 1.60 bits per heavy atom. The van der Waals surface area contributed by atoms with E-state index in [-0.39, 0.29) is 12.4 Å². The Morgan fingerprint density at radius 2 is 2.20 bits per heavy atom. The molecule has 0 saturated heterocycles. The monoisotopic (exact) mass is 142 g/mol. The summed E-state index contributed by atoms with van der Waals surface area (Å²) in [5.41, 5.74) is 0.849. The van der Waals surface area contributed by atoms with Crippen molar-refractivity contribution in [3.8, 4) is 0 Å². The number of allylic oxidation sites excluding steroid dienone is 1. The van der Waals surface area contributed by atoms with Crippen LogP contribution < -0.4 is 0 Å². The van der Waals surface area contributed by atoms with Gasteiger partial charge in [-0.3, -0.25) is 4.79 Å². The van der Waals surface area contributed by atoms with E-state index in [0.29, 0.717) is 0 Å². The van der Waals surface area contributed by atoms with Gasteiger partial charge in [0.25, 0.3) is 0 Å². The van der Waals surface area contributed by atoms with Gasteiger partial charge in [0.15, 0.2) is 5.78 Å². The van der Waals surface area contributed by atoms with Gasteiger partial charge in [0.2, 0.25) is 0 Å². The van der Waals surface area contributed by atoms with Crippen LogP contribution in [0.1, 0.15) is 20.3 Å². The van der Waals surface area contributed by atoms with E-state index in [1.165, 1.54) is 7.11 Å². The van der Waals surface area contributed by atoms with Crippen molar-refractivity contribution in [3.63, 3.8) is 0 Å². The van der Waals surface area contributed by atoms with Crippen molar-refractivity contribution in [3.05, 3.63) is 11.6 Å². The zero-order valence-electron chi connectivity index (χ0n) is 6.81. The summed E-state index contributed by atoms with van der Waals surface area (Å²) in [4.78, 5) is 11.0. The van der Waals surface area contributed by atoms with Crippen LogP contribution in [-0.2, 0) is 9.53 Å². The molecule has 0 aromatic rings. The molecule has 10 heavy (non-hydrogen) atoms. The molecular weight excluding hydrogens is 128 g/mol. The Bertz CT molecular complexity index is 136. The lowest BCUT2D eigenvalue weighted by atomic mass is 10.1. The van der Waals surface area contributed by atoms with Gasteiger partial charge in [-0.15, -0.1) is 0 Å². The quantitative estimate of drug-likeness (QED) is 0.557. The summed E-state index contributed by atoms with van der Waals surface area (Å²) in [6.07, 6.45) is 2.63. The summed E-state index contributed by atoms with van der Waals surface area (Å²) in [6, 6.07) is 0. The smallest absolute Gasteiger partial charge is 0.184 e. The van der Waals surface area contributed by atoms with E-state index >= 15 is 0 Å². The van der Waals surface area contributed by atoms with Crippen molar-refractivity contribution in [1.82, 2.24) is 0 Å². The minimum absolute atomic E-state index is 0.0903. The second-order valence-corrected chi connectivity index (χ2v) is 2.02. The number of carbonyl (C=O) groups excluding carboxylic acids is 1. The first-order valence-electron chi connectivity index (χ1n) is 3.43. The highest BCUT2D eigenvalue weighted by atomic mass is 16.5. The third-order valence-electron chi connectivity index (χ3n) is 1.36. The largest absolute Gasteiger partial charge is 0.377 e. The number of hydrogen-bond acceptors (Lipinski definition) is 2. The maximum Gasteiger partial charge on any atom is 0.184 e. The summed E-state index contributed by atoms with van der Waals surface area (Å²) in [5.74, 6) is 0.0903. The zero-order chi connectivity index (χ0) is 7.98. The predicted molar refractivity (Wildman–Crippen MR) is 40.9 cm³/mol. The van der Waals surface area contributed by atoms with E-state index in [2.05, 4.69) is 0 Å². The molecule has 0 aliphatic rings. The van der Waals surface area contributed by atoms with Crippen molar-refractivity contribution in [1.29, 1.82) is 0 Å². The molecule has 58 valence electrons. The van der Waals surface area contributed by atoms with Crippen LogP contribution in [-0.4, -0.2) is 19.5 Å². The van der Waals surface area contributed by atoms with Gasteiger partial charge in [0, 0.05) is 7.11 Å². The summed E-state index contributed by atoms with van der Waals surface area (Å²) < 4.78 is 4.70. The lowest BCUT2D eigenvalue weighted by molar-refractivity contribution is -0.119. The number of ketones is 1. The molecule has 0 aromatic heterocycles. The fourth-order valence-corrected chi connectivity index (χ4v) is 0.786. The molecule has 0 spiro atoms. The SMILES string of the molecule is CC=C(CC)C(=O)COC. The lowest BCUT2D eigenvalue weighted by Gasteiger charge is -1.99. The maximum absolute atomic E-state index is 11.0. The molecule has 0 bridgehead atoms. The van der Waals surface area contributed by atoms with Crippen molar-refractivity contribution in [2.45, 2.75) is 20.3 Å². The molecule has 2 heteroatoms. The number of carbonyl (C=O) groups is 1. The van der Waals surface area contributed by atoms with Crippen LogP contribution in [0.4, 0.5) is 0 Å². The van der Waals surface area contributed by atoms with Crippen molar-refractivity contribution >= 4 is 5.78 Å². The van der Waals surface area contributed by atoms with Crippen molar-refractivity contribution < 1.29 is 9.53 Å². The molecule has 0 amide bonds. The number of ether oxygens (including phenoxy) is 1. The normalized spacial score (nSPS) is 11.7. The minimum Gasteiger partial charge on any atom is -0.377 e. The van der Waals surface area contributed by atoms with Gasteiger partial charge in [0.1, 0.15) is 6.61 Å². The van der Waals surface area contributed by atoms with Crippen LogP contribution in [0.2, 0.25) is 0 Å². The Balaban J connectivity index is 3.91. The Hall–Kier alpha value is -0.630. The molecular formula is C8H14O2. The lowest BCUT2D eigenvalue weighted by Crippen LogP contribution is -2.08. The topological polar surface area (TPSA) is 26.3 Å². The summed E-state index contributed by atoms with van der Waals surface area (Å²) in [5, 5.41) is 0. The summed E-state index contributed by atoms with van der Waals surface area (Å²) >= 11 is 0. The van der Waals surface area contributed by atoms with Crippen LogP contribution in [0.3, 0.4) is 0 Å². The molecule has 0 aliphatic carbocycles. The number of Topliss-reactive ketones (excluding diaryl/α,β-unsaturated/α-hetero) is 1. The van der Waals surface area contributed by atoms with E-state index in [0.717, 1.165) is 12.0 Å². The van der Waals surface area contributed by atoms with E-state index in [1.54, 1.807) is 0 Å². The molecule has 2 nitrogen and oxygen atoms in total. The molecule has 0 aliphatic heterocycles. The van der Waals surface area contributed by atoms with E-state index in [9.17, 15) is 4.79 Å². The van der Waals surface area contributed by atoms with Gasteiger partial charge in [-0.25, -0.2) is 0 Å². The molecule has 0 fully saturated rings. The molecule has 0 aromatic carbocycles. The summed E-state index contributed by atoms with van der Waals surface area (Å²) in [7, 11) is 1.53. The van der Waals surface area contributed by atoms with Gasteiger partial charge >= 0.3 is 0 Å². The fraction of sp³-hybridized carbons (Fsp3) is 0.625. The number of hydrogen-bond donors (Lipinski definition) is 0. The maximum atomic E-state index is 11.0. The highest BCUT2D eigenvalue weighted by Gasteiger charge is 2.03. The average molecular weight is 142 g/mol. The molecule has 0 heterocycles. The fourth-order valence-electron chi connectivity index (χ4n) is 0.786. The van der Waals surface area contributed by atoms with Crippen molar-refractivity contribution in [2.24, 2.45) is 0 Å². The highest BCUT2D eigenvalue weighted by Crippen LogP contribution is 2.01. The standard InChI is InChI=1S/C8H14O2/c1-4-7(5-2)8(9)6-10-3/h4H,5-6H2,1-3H3. The molecule has 0 rings (SSSR count). The van der Waals surface area contributed by atoms with E-state index in [4.69, 9.17) is 4.74 Å². The molecule has 0 atom stereocenters. The van der Waals surface area contributed by atoms with Gasteiger partial charge in [0.05, 0.1) is 0 Å². The first-order valence-corrected chi connectivity index (χ1v) is 3.43. The van der Waals surface area contributed by atoms with Crippen LogP contribution in [0.5, 0.6) is 0 Å². The summed E-state index contributed by atoms with van der Waals surface area (Å²) in [6.45, 7) is 4.03. The first kappa shape index (κ1) is 9.37. The number of methoxy groups -OCH3 is 1. The number of rotatable bonds is 4. The Morgan fingerprint density at radius 3 is 2.50 bits per heavy atom. The highest BCUT2D eigenvalue weighted by molar-refractivity contribution is 5.96. The molecule has 0 unspecified atom stereocenters. The van der Waals surface area contributed by atoms with Gasteiger partial charge < -0.3 is 4.74 Å². The van der Waals surface area contributed by atoms with Gasteiger partial charge in [-0.1, -0.05) is 13.0 Å². The van der Waals surface area contributed by atoms with E-state index in [1.807, 2.05) is 19.9 Å². The van der Waals surface area contributed by atoms with Crippen LogP contribution in [0.25, 0.3) is 0 Å². The van der Waals surface area contributed by atoms with Gasteiger partial charge in [-0.2, -0.15) is 0 Å². The van der Waals surface area contributed by atoms with Crippen LogP contribution in [0.15, 0.2) is 11.6 Å². The second kappa shape index (κ2) is 5.18. The van der Waals surface area contributed by atoms with E-state index < -0.39 is 0 Å². The molecule has 0 N–H and O–H groups in total. The predicted octanol–water partition coefficient (Wildman–Crippen LogP) is 1.56. The minimum atomic E-state index is 0.0903. The molecule has 0 saturated carbocycles. The molecule has 0 radical (unpaired) electrons. The van der Waals surface area contributed by atoms with Gasteiger partial charge in [-0.05, 0) is 18.9 Å². The third kappa shape index (κ3) is 2.78. The average Bonchev–Trinajstić information content (AvgIpc) is 1.91. The van der Waals surface area contributed by atoms with Crippen LogP contribution >= 0.6 is 0 Å². The Kier molecular flexibility index (Phi) is 4.85. The van der Waals surface area contributed by atoms with Crippen molar-refractivity contribution in [2.75, 3.05) is 13.7 Å². The Labute approximate surface area is 61.9 Å².